The number of nitrogens with zero attached hydrogens (tertiary/aromatic N) is 1. The molecule has 1 N–H and O–H groups in total. The van der Waals surface area contributed by atoms with Crippen molar-refractivity contribution < 1.29 is 4.79 Å². The van der Waals surface area contributed by atoms with E-state index in [9.17, 15) is 4.79 Å². The number of aromatic nitrogens is 1. The van der Waals surface area contributed by atoms with Gasteiger partial charge in [-0.2, -0.15) is 11.3 Å². The number of fused-ring (bicyclic) bond motifs is 3. The standard InChI is InChI=1S/C27H26N2OS/c30-25(14-18-12-13-31-17-18)29-21-10-11-22(29)16-20(15-21)26-23-8-4-5-9-24(23)28-27(26)19-6-2-1-3-7-19/h1-9,12-13,17,20-22,28H,10-11,14-16H2. The Balaban J connectivity index is 1.34. The van der Waals surface area contributed by atoms with Crippen LogP contribution >= 0.6 is 11.3 Å². The van der Waals surface area contributed by atoms with E-state index in [1.807, 2.05) is 0 Å². The predicted molar refractivity (Wildman–Crippen MR) is 127 cm³/mol. The van der Waals surface area contributed by atoms with Gasteiger partial charge in [0.2, 0.25) is 5.91 Å². The number of hydrogen-bond donors (Lipinski definition) is 1. The molecule has 156 valence electrons. The van der Waals surface area contributed by atoms with Crippen LogP contribution in [0.4, 0.5) is 0 Å². The molecular weight excluding hydrogens is 400 g/mol. The van der Waals surface area contributed by atoms with Crippen molar-refractivity contribution in [3.8, 4) is 11.3 Å². The SMILES string of the molecule is O=C(Cc1ccsc1)N1C2CCC1CC(c1c(-c3ccccc3)[nH]c3ccccc13)C2. The minimum Gasteiger partial charge on any atom is -0.354 e. The maximum Gasteiger partial charge on any atom is 0.227 e. The Labute approximate surface area is 186 Å². The molecule has 4 heterocycles. The zero-order chi connectivity index (χ0) is 20.8. The highest BCUT2D eigenvalue weighted by molar-refractivity contribution is 7.08. The lowest BCUT2D eigenvalue weighted by Crippen LogP contribution is -2.46. The van der Waals surface area contributed by atoms with Crippen LogP contribution in [-0.4, -0.2) is 27.9 Å². The summed E-state index contributed by atoms with van der Waals surface area (Å²) in [6, 6.07) is 22.2. The van der Waals surface area contributed by atoms with Crippen LogP contribution in [0.2, 0.25) is 0 Å². The Hall–Kier alpha value is -2.85. The van der Waals surface area contributed by atoms with Crippen molar-refractivity contribution in [1.29, 1.82) is 0 Å². The van der Waals surface area contributed by atoms with Crippen molar-refractivity contribution in [3.63, 3.8) is 0 Å². The molecule has 31 heavy (non-hydrogen) atoms. The number of rotatable bonds is 4. The summed E-state index contributed by atoms with van der Waals surface area (Å²) in [5.74, 6) is 0.792. The molecular formula is C27H26N2OS. The van der Waals surface area contributed by atoms with Crippen LogP contribution in [0.15, 0.2) is 71.4 Å². The fourth-order valence-corrected chi connectivity index (χ4v) is 6.57. The van der Waals surface area contributed by atoms with Gasteiger partial charge < -0.3 is 9.88 Å². The smallest absolute Gasteiger partial charge is 0.227 e. The summed E-state index contributed by atoms with van der Waals surface area (Å²) in [5.41, 5.74) is 6.31. The van der Waals surface area contributed by atoms with Gasteiger partial charge in [0.25, 0.3) is 0 Å². The zero-order valence-electron chi connectivity index (χ0n) is 17.5. The van der Waals surface area contributed by atoms with Gasteiger partial charge in [0.05, 0.1) is 6.42 Å². The second-order valence-corrected chi connectivity index (χ2v) is 9.77. The molecule has 2 unspecified atom stereocenters. The summed E-state index contributed by atoms with van der Waals surface area (Å²) in [6.07, 6.45) is 4.95. The number of nitrogens with one attached hydrogen (secondary N) is 1. The van der Waals surface area contributed by atoms with Gasteiger partial charge in [-0.3, -0.25) is 4.79 Å². The zero-order valence-corrected chi connectivity index (χ0v) is 18.3. The number of amides is 1. The van der Waals surface area contributed by atoms with Gasteiger partial charge in [-0.15, -0.1) is 0 Å². The first kappa shape index (κ1) is 18.9. The van der Waals surface area contributed by atoms with Crippen molar-refractivity contribution in [1.82, 2.24) is 9.88 Å². The van der Waals surface area contributed by atoms with E-state index in [0.717, 1.165) is 31.2 Å². The minimum absolute atomic E-state index is 0.312. The lowest BCUT2D eigenvalue weighted by Gasteiger charge is -2.39. The van der Waals surface area contributed by atoms with Crippen LogP contribution in [0.1, 0.15) is 42.7 Å². The molecule has 0 aliphatic carbocycles. The van der Waals surface area contributed by atoms with E-state index < -0.39 is 0 Å². The number of benzene rings is 2. The summed E-state index contributed by atoms with van der Waals surface area (Å²) >= 11 is 1.67. The largest absolute Gasteiger partial charge is 0.354 e. The second kappa shape index (κ2) is 7.69. The van der Waals surface area contributed by atoms with E-state index in [1.165, 1.54) is 27.7 Å². The Kier molecular flexibility index (Phi) is 4.68. The van der Waals surface area contributed by atoms with Gasteiger partial charge in [-0.1, -0.05) is 48.5 Å². The molecule has 6 rings (SSSR count). The third kappa shape index (κ3) is 3.30. The Morgan fingerprint density at radius 2 is 1.71 bits per heavy atom. The molecule has 4 heteroatoms. The number of carbonyl (C=O) groups excluding carboxylic acids is 1. The van der Waals surface area contributed by atoms with E-state index in [-0.39, 0.29) is 0 Å². The van der Waals surface area contributed by atoms with Crippen LogP contribution in [0.5, 0.6) is 0 Å². The van der Waals surface area contributed by atoms with Gasteiger partial charge in [0, 0.05) is 28.7 Å². The average molecular weight is 427 g/mol. The Bertz CT molecular complexity index is 1200. The van der Waals surface area contributed by atoms with Gasteiger partial charge in [-0.25, -0.2) is 0 Å². The maximum absolute atomic E-state index is 13.1. The van der Waals surface area contributed by atoms with Gasteiger partial charge in [0.1, 0.15) is 0 Å². The molecule has 2 aliphatic rings. The summed E-state index contributed by atoms with van der Waals surface area (Å²) in [5, 5.41) is 5.50. The lowest BCUT2D eigenvalue weighted by atomic mass is 9.82. The summed E-state index contributed by atoms with van der Waals surface area (Å²) in [4.78, 5) is 19.1. The minimum atomic E-state index is 0.312. The Morgan fingerprint density at radius 1 is 0.968 bits per heavy atom. The average Bonchev–Trinajstić information content (AvgIpc) is 3.51. The molecule has 2 aliphatic heterocycles. The fraction of sp³-hybridized carbons (Fsp3) is 0.296. The van der Waals surface area contributed by atoms with Crippen molar-refractivity contribution in [2.24, 2.45) is 0 Å². The Morgan fingerprint density at radius 3 is 2.45 bits per heavy atom. The molecule has 2 fully saturated rings. The summed E-state index contributed by atoms with van der Waals surface area (Å²) in [6.45, 7) is 0. The number of carbonyl (C=O) groups is 1. The van der Waals surface area contributed by atoms with Crippen molar-refractivity contribution in [3.05, 3.63) is 82.6 Å². The van der Waals surface area contributed by atoms with Crippen LogP contribution in [0, 0.1) is 0 Å². The number of H-pyrrole nitrogens is 1. The van der Waals surface area contributed by atoms with Crippen LogP contribution in [0.25, 0.3) is 22.2 Å². The molecule has 1 amide bonds. The van der Waals surface area contributed by atoms with Crippen LogP contribution in [-0.2, 0) is 11.2 Å². The molecule has 2 bridgehead atoms. The fourth-order valence-electron chi connectivity index (χ4n) is 5.90. The third-order valence-electron chi connectivity index (χ3n) is 7.17. The van der Waals surface area contributed by atoms with E-state index in [2.05, 4.69) is 81.3 Å². The normalized spacial score (nSPS) is 22.8. The molecule has 3 nitrogen and oxygen atoms in total. The number of hydrogen-bond acceptors (Lipinski definition) is 2. The predicted octanol–water partition coefficient (Wildman–Crippen LogP) is 6.38. The van der Waals surface area contributed by atoms with Crippen LogP contribution in [0.3, 0.4) is 0 Å². The second-order valence-electron chi connectivity index (χ2n) is 8.99. The third-order valence-corrected chi connectivity index (χ3v) is 7.91. The molecule has 2 aromatic heterocycles. The quantitative estimate of drug-likeness (QED) is 0.404. The summed E-state index contributed by atoms with van der Waals surface area (Å²) < 4.78 is 0. The molecule has 0 spiro atoms. The highest BCUT2D eigenvalue weighted by Gasteiger charge is 2.44. The molecule has 2 aromatic carbocycles. The first-order chi connectivity index (χ1) is 15.3. The molecule has 0 radical (unpaired) electrons. The number of thiophene rings is 1. The monoisotopic (exact) mass is 426 g/mol. The first-order valence-electron chi connectivity index (χ1n) is 11.3. The first-order valence-corrected chi connectivity index (χ1v) is 12.2. The van der Waals surface area contributed by atoms with E-state index in [1.54, 1.807) is 11.3 Å². The van der Waals surface area contributed by atoms with Crippen LogP contribution < -0.4 is 0 Å². The number of piperidine rings is 1. The number of para-hydroxylation sites is 1. The van der Waals surface area contributed by atoms with Crippen molar-refractivity contribution >= 4 is 28.1 Å². The molecule has 0 saturated carbocycles. The summed E-state index contributed by atoms with van der Waals surface area (Å²) in [7, 11) is 0. The molecule has 2 atom stereocenters. The molecule has 4 aromatic rings. The van der Waals surface area contributed by atoms with Gasteiger partial charge >= 0.3 is 0 Å². The lowest BCUT2D eigenvalue weighted by molar-refractivity contribution is -0.135. The molecule has 2 saturated heterocycles. The van der Waals surface area contributed by atoms with Crippen molar-refractivity contribution in [2.75, 3.05) is 0 Å². The maximum atomic E-state index is 13.1. The highest BCUT2D eigenvalue weighted by Crippen LogP contribution is 2.47. The van der Waals surface area contributed by atoms with Gasteiger partial charge in [-0.05, 0) is 71.2 Å². The van der Waals surface area contributed by atoms with Crippen molar-refractivity contribution in [2.45, 2.75) is 50.1 Å². The van der Waals surface area contributed by atoms with E-state index >= 15 is 0 Å². The topological polar surface area (TPSA) is 36.1 Å². The highest BCUT2D eigenvalue weighted by atomic mass is 32.1. The van der Waals surface area contributed by atoms with E-state index in [0.29, 0.717) is 30.3 Å². The van der Waals surface area contributed by atoms with Gasteiger partial charge in [0.15, 0.2) is 0 Å². The van der Waals surface area contributed by atoms with E-state index in [4.69, 9.17) is 0 Å². The number of aromatic amines is 1.